The highest BCUT2D eigenvalue weighted by Gasteiger charge is 2.15. The standard InChI is InChI=1S/C15H18ClN5O/c16-13-9-18-15(20-12-5-7-22-8-6-12)21-14(13)19-11-3-1-10(17)2-4-11/h1-4,9,12H,5-8,17H2,(H2,18,19,20,21). The summed E-state index contributed by atoms with van der Waals surface area (Å²) in [7, 11) is 0. The number of nitrogens with zero attached hydrogens (tertiary/aromatic N) is 2. The van der Waals surface area contributed by atoms with E-state index in [9.17, 15) is 0 Å². The van der Waals surface area contributed by atoms with Crippen LogP contribution in [0.3, 0.4) is 0 Å². The van der Waals surface area contributed by atoms with Gasteiger partial charge in [-0.15, -0.1) is 0 Å². The Kier molecular flexibility index (Phi) is 4.60. The normalized spacial score (nSPS) is 15.5. The predicted octanol–water partition coefficient (Wildman–Crippen LogP) is 3.05. The Labute approximate surface area is 134 Å². The van der Waals surface area contributed by atoms with Gasteiger partial charge in [0, 0.05) is 30.6 Å². The largest absolute Gasteiger partial charge is 0.399 e. The minimum absolute atomic E-state index is 0.333. The summed E-state index contributed by atoms with van der Waals surface area (Å²) in [4.78, 5) is 8.68. The number of ether oxygens (including phenoxy) is 1. The summed E-state index contributed by atoms with van der Waals surface area (Å²) in [6.07, 6.45) is 3.50. The summed E-state index contributed by atoms with van der Waals surface area (Å²) in [6.45, 7) is 1.53. The molecule has 7 heteroatoms. The van der Waals surface area contributed by atoms with E-state index in [2.05, 4.69) is 20.6 Å². The lowest BCUT2D eigenvalue weighted by Crippen LogP contribution is -2.28. The van der Waals surface area contributed by atoms with Crippen LogP contribution in [0.1, 0.15) is 12.8 Å². The van der Waals surface area contributed by atoms with Crippen molar-refractivity contribution in [3.63, 3.8) is 0 Å². The van der Waals surface area contributed by atoms with Gasteiger partial charge < -0.3 is 21.1 Å². The lowest BCUT2D eigenvalue weighted by molar-refractivity contribution is 0.0903. The molecule has 0 atom stereocenters. The quantitative estimate of drug-likeness (QED) is 0.751. The van der Waals surface area contributed by atoms with Gasteiger partial charge in [0.05, 0.1) is 6.20 Å². The Bertz CT molecular complexity index is 628. The molecule has 2 aromatic rings. The number of hydrogen-bond acceptors (Lipinski definition) is 6. The van der Waals surface area contributed by atoms with E-state index in [-0.39, 0.29) is 0 Å². The number of nitrogens with two attached hydrogens (primary N) is 1. The molecule has 116 valence electrons. The summed E-state index contributed by atoms with van der Waals surface area (Å²) in [5, 5.41) is 6.96. The fourth-order valence-electron chi connectivity index (χ4n) is 2.25. The molecule has 0 amide bonds. The number of hydrogen-bond donors (Lipinski definition) is 3. The maximum Gasteiger partial charge on any atom is 0.224 e. The van der Waals surface area contributed by atoms with Crippen LogP contribution in [0.2, 0.25) is 5.02 Å². The van der Waals surface area contributed by atoms with Gasteiger partial charge in [-0.2, -0.15) is 4.98 Å². The van der Waals surface area contributed by atoms with Crippen LogP contribution in [0.5, 0.6) is 0 Å². The van der Waals surface area contributed by atoms with Crippen molar-refractivity contribution in [2.24, 2.45) is 0 Å². The minimum atomic E-state index is 0.333. The van der Waals surface area contributed by atoms with Gasteiger partial charge in [-0.1, -0.05) is 11.6 Å². The minimum Gasteiger partial charge on any atom is -0.399 e. The molecule has 1 aliphatic heterocycles. The van der Waals surface area contributed by atoms with Crippen LogP contribution >= 0.6 is 11.6 Å². The zero-order valence-electron chi connectivity index (χ0n) is 12.1. The van der Waals surface area contributed by atoms with Crippen molar-refractivity contribution in [3.8, 4) is 0 Å². The van der Waals surface area contributed by atoms with Crippen LogP contribution in [0.15, 0.2) is 30.5 Å². The van der Waals surface area contributed by atoms with E-state index in [1.54, 1.807) is 6.20 Å². The van der Waals surface area contributed by atoms with Gasteiger partial charge in [-0.05, 0) is 37.1 Å². The summed E-state index contributed by atoms with van der Waals surface area (Å²) in [6, 6.07) is 7.72. The third-order valence-corrected chi connectivity index (χ3v) is 3.75. The number of nitrogen functional groups attached to an aromatic ring is 1. The number of nitrogens with one attached hydrogen (secondary N) is 2. The number of anilines is 4. The first-order valence-corrected chi connectivity index (χ1v) is 7.58. The summed E-state index contributed by atoms with van der Waals surface area (Å²) < 4.78 is 5.34. The van der Waals surface area contributed by atoms with Gasteiger partial charge in [-0.3, -0.25) is 0 Å². The number of benzene rings is 1. The lowest BCUT2D eigenvalue weighted by atomic mass is 10.1. The second-order valence-electron chi connectivity index (χ2n) is 5.17. The molecule has 0 spiro atoms. The summed E-state index contributed by atoms with van der Waals surface area (Å²) in [5.74, 6) is 1.13. The molecule has 6 nitrogen and oxygen atoms in total. The highest BCUT2D eigenvalue weighted by molar-refractivity contribution is 6.32. The average Bonchev–Trinajstić information content (AvgIpc) is 2.54. The first-order valence-electron chi connectivity index (χ1n) is 7.20. The molecule has 2 heterocycles. The zero-order chi connectivity index (χ0) is 15.4. The second kappa shape index (κ2) is 6.81. The van der Waals surface area contributed by atoms with E-state index in [4.69, 9.17) is 22.1 Å². The number of rotatable bonds is 4. The molecule has 1 aromatic heterocycles. The lowest BCUT2D eigenvalue weighted by Gasteiger charge is -2.23. The van der Waals surface area contributed by atoms with E-state index < -0.39 is 0 Å². The first-order chi connectivity index (χ1) is 10.7. The van der Waals surface area contributed by atoms with Crippen LogP contribution < -0.4 is 16.4 Å². The maximum absolute atomic E-state index is 6.16. The molecule has 4 N–H and O–H groups in total. The SMILES string of the molecule is Nc1ccc(Nc2nc(NC3CCOCC3)ncc2Cl)cc1. The molecule has 0 bridgehead atoms. The Morgan fingerprint density at radius 3 is 2.64 bits per heavy atom. The van der Waals surface area contributed by atoms with Gasteiger partial charge in [0.1, 0.15) is 5.02 Å². The van der Waals surface area contributed by atoms with Crippen molar-refractivity contribution in [2.45, 2.75) is 18.9 Å². The number of aromatic nitrogens is 2. The third kappa shape index (κ3) is 3.78. The molecular formula is C15H18ClN5O. The van der Waals surface area contributed by atoms with Crippen molar-refractivity contribution in [1.82, 2.24) is 9.97 Å². The summed E-state index contributed by atoms with van der Waals surface area (Å²) >= 11 is 6.16. The Morgan fingerprint density at radius 1 is 1.18 bits per heavy atom. The van der Waals surface area contributed by atoms with Gasteiger partial charge in [-0.25, -0.2) is 4.98 Å². The molecule has 1 aliphatic rings. The predicted molar refractivity (Wildman–Crippen MR) is 88.6 cm³/mol. The topological polar surface area (TPSA) is 85.1 Å². The van der Waals surface area contributed by atoms with Gasteiger partial charge >= 0.3 is 0 Å². The Morgan fingerprint density at radius 2 is 1.91 bits per heavy atom. The molecule has 0 radical (unpaired) electrons. The molecular weight excluding hydrogens is 302 g/mol. The van der Waals surface area contributed by atoms with Crippen molar-refractivity contribution >= 4 is 34.7 Å². The monoisotopic (exact) mass is 319 g/mol. The molecule has 0 saturated carbocycles. The highest BCUT2D eigenvalue weighted by atomic mass is 35.5. The van der Waals surface area contributed by atoms with Crippen molar-refractivity contribution in [1.29, 1.82) is 0 Å². The Hall–Kier alpha value is -2.05. The van der Waals surface area contributed by atoms with Crippen LogP contribution in [-0.2, 0) is 4.74 Å². The highest BCUT2D eigenvalue weighted by Crippen LogP contribution is 2.24. The van der Waals surface area contributed by atoms with Gasteiger partial charge in [0.2, 0.25) is 5.95 Å². The van der Waals surface area contributed by atoms with Crippen LogP contribution in [0.25, 0.3) is 0 Å². The molecule has 1 aromatic carbocycles. The van der Waals surface area contributed by atoms with E-state index in [0.717, 1.165) is 31.7 Å². The van der Waals surface area contributed by atoms with Gasteiger partial charge in [0.25, 0.3) is 0 Å². The Balaban J connectivity index is 1.73. The molecule has 3 rings (SSSR count). The average molecular weight is 320 g/mol. The molecule has 1 saturated heterocycles. The number of halogens is 1. The second-order valence-corrected chi connectivity index (χ2v) is 5.58. The van der Waals surface area contributed by atoms with E-state index >= 15 is 0 Å². The van der Waals surface area contributed by atoms with Crippen molar-refractivity contribution in [2.75, 3.05) is 29.6 Å². The summed E-state index contributed by atoms with van der Waals surface area (Å²) in [5.41, 5.74) is 7.26. The molecule has 0 aliphatic carbocycles. The van der Waals surface area contributed by atoms with Crippen molar-refractivity contribution in [3.05, 3.63) is 35.5 Å². The van der Waals surface area contributed by atoms with Crippen LogP contribution in [0, 0.1) is 0 Å². The van der Waals surface area contributed by atoms with E-state index in [0.29, 0.717) is 28.5 Å². The maximum atomic E-state index is 6.16. The van der Waals surface area contributed by atoms with Crippen molar-refractivity contribution < 1.29 is 4.74 Å². The van der Waals surface area contributed by atoms with Crippen LogP contribution in [0.4, 0.5) is 23.1 Å². The fraction of sp³-hybridized carbons (Fsp3) is 0.333. The zero-order valence-corrected chi connectivity index (χ0v) is 12.8. The first kappa shape index (κ1) is 14.9. The van der Waals surface area contributed by atoms with E-state index in [1.165, 1.54) is 0 Å². The van der Waals surface area contributed by atoms with Gasteiger partial charge in [0.15, 0.2) is 5.82 Å². The fourth-order valence-corrected chi connectivity index (χ4v) is 2.39. The molecule has 1 fully saturated rings. The molecule has 0 unspecified atom stereocenters. The molecule has 22 heavy (non-hydrogen) atoms. The van der Waals surface area contributed by atoms with Crippen LogP contribution in [-0.4, -0.2) is 29.2 Å². The smallest absolute Gasteiger partial charge is 0.224 e. The van der Waals surface area contributed by atoms with E-state index in [1.807, 2.05) is 24.3 Å². The third-order valence-electron chi connectivity index (χ3n) is 3.47.